The van der Waals surface area contributed by atoms with Crippen LogP contribution in [0.1, 0.15) is 30.0 Å². The van der Waals surface area contributed by atoms with E-state index in [1.165, 1.54) is 18.3 Å². The summed E-state index contributed by atoms with van der Waals surface area (Å²) in [6.45, 7) is 2.30. The summed E-state index contributed by atoms with van der Waals surface area (Å²) >= 11 is 0. The van der Waals surface area contributed by atoms with Crippen LogP contribution in [-0.4, -0.2) is 50.4 Å². The maximum Gasteiger partial charge on any atom is 0.419 e. The Kier molecular flexibility index (Phi) is 4.91. The molecule has 9 heteroatoms. The Bertz CT molecular complexity index is 1070. The second-order valence-corrected chi connectivity index (χ2v) is 6.95. The third-order valence-electron chi connectivity index (χ3n) is 5.25. The molecule has 1 aromatic carbocycles. The molecule has 0 amide bonds. The number of nitrogens with zero attached hydrogens (tertiary/aromatic N) is 4. The number of carboxylic acid groups (broad SMARTS) is 1. The molecule has 1 fully saturated rings. The highest BCUT2D eigenvalue weighted by molar-refractivity contribution is 5.79. The molecule has 0 radical (unpaired) electrons. The molecule has 1 N–H and O–H groups in total. The summed E-state index contributed by atoms with van der Waals surface area (Å²) in [4.78, 5) is 29.2. The summed E-state index contributed by atoms with van der Waals surface area (Å²) < 4.78 is 19.2. The van der Waals surface area contributed by atoms with E-state index >= 15 is 0 Å². The predicted octanol–water partition coefficient (Wildman–Crippen LogP) is 2.47. The van der Waals surface area contributed by atoms with E-state index < -0.39 is 11.7 Å². The van der Waals surface area contributed by atoms with Gasteiger partial charge in [-0.1, -0.05) is 5.16 Å². The molecule has 4 rings (SSSR count). The Balaban J connectivity index is 1.38. The van der Waals surface area contributed by atoms with Crippen molar-refractivity contribution in [1.29, 1.82) is 0 Å². The van der Waals surface area contributed by atoms with Crippen molar-refractivity contribution < 1.29 is 18.8 Å². The first-order valence-corrected chi connectivity index (χ1v) is 9.09. The number of fused-ring (bicyclic) bond motifs is 1. The van der Waals surface area contributed by atoms with Gasteiger partial charge >= 0.3 is 6.09 Å². The van der Waals surface area contributed by atoms with E-state index in [1.807, 2.05) is 0 Å². The van der Waals surface area contributed by atoms with Crippen molar-refractivity contribution in [3.63, 3.8) is 0 Å². The molecular weight excluding hydrogens is 367 g/mol. The molecule has 0 aliphatic carbocycles. The van der Waals surface area contributed by atoms with Crippen LogP contribution in [-0.2, 0) is 6.42 Å². The molecule has 3 aromatic rings. The van der Waals surface area contributed by atoms with Crippen molar-refractivity contribution in [3.8, 4) is 0 Å². The average molecular weight is 386 g/mol. The molecule has 0 saturated carbocycles. The number of halogens is 1. The summed E-state index contributed by atoms with van der Waals surface area (Å²) in [7, 11) is 0. The first-order chi connectivity index (χ1) is 13.5. The van der Waals surface area contributed by atoms with Crippen molar-refractivity contribution in [2.45, 2.75) is 25.2 Å². The van der Waals surface area contributed by atoms with Crippen LogP contribution in [0, 0.1) is 5.82 Å². The van der Waals surface area contributed by atoms with Crippen LogP contribution >= 0.6 is 0 Å². The Morgan fingerprint density at radius 3 is 2.86 bits per heavy atom. The minimum atomic E-state index is -1.33. The molecule has 28 heavy (non-hydrogen) atoms. The Hall–Kier alpha value is -3.07. The molecule has 0 spiro atoms. The van der Waals surface area contributed by atoms with Gasteiger partial charge in [-0.15, -0.1) is 0 Å². The van der Waals surface area contributed by atoms with E-state index in [0.29, 0.717) is 28.7 Å². The van der Waals surface area contributed by atoms with Crippen molar-refractivity contribution in [3.05, 3.63) is 58.2 Å². The van der Waals surface area contributed by atoms with Gasteiger partial charge in [-0.3, -0.25) is 4.79 Å². The smallest absolute Gasteiger partial charge is 0.419 e. The number of piperidine rings is 1. The van der Waals surface area contributed by atoms with Gasteiger partial charge in [-0.05, 0) is 44.5 Å². The van der Waals surface area contributed by atoms with Crippen LogP contribution in [0.3, 0.4) is 0 Å². The zero-order chi connectivity index (χ0) is 19.7. The maximum atomic E-state index is 13.3. The summed E-state index contributed by atoms with van der Waals surface area (Å²) in [5.74, 6) is -0.104. The Morgan fingerprint density at radius 1 is 1.32 bits per heavy atom. The zero-order valence-electron chi connectivity index (χ0n) is 15.0. The van der Waals surface area contributed by atoms with Crippen molar-refractivity contribution >= 4 is 17.1 Å². The fourth-order valence-electron chi connectivity index (χ4n) is 3.69. The average Bonchev–Trinajstić information content (AvgIpc) is 3.10. The van der Waals surface area contributed by atoms with Crippen LogP contribution in [0.2, 0.25) is 0 Å². The lowest BCUT2D eigenvalue weighted by Crippen LogP contribution is -2.36. The van der Waals surface area contributed by atoms with Crippen LogP contribution in [0.15, 0.2) is 40.0 Å². The molecule has 2 aromatic heterocycles. The number of hydrogen-bond acceptors (Lipinski definition) is 6. The molecule has 0 unspecified atom stereocenters. The standard InChI is InChI=1S/C19H19FN4O4/c20-14-1-2-15-16(9-14)28-22-17(15)12-3-6-23(7-4-12)8-5-13-10-21-11-24(18(13)25)19(26)27/h1-2,9-12H,3-8H2,(H,26,27). The monoisotopic (exact) mass is 386 g/mol. The summed E-state index contributed by atoms with van der Waals surface area (Å²) in [5, 5.41) is 14.0. The molecule has 1 aliphatic heterocycles. The normalized spacial score (nSPS) is 15.9. The van der Waals surface area contributed by atoms with E-state index in [1.54, 1.807) is 6.07 Å². The van der Waals surface area contributed by atoms with Gasteiger partial charge in [0, 0.05) is 35.7 Å². The predicted molar refractivity (Wildman–Crippen MR) is 98.0 cm³/mol. The lowest BCUT2D eigenvalue weighted by molar-refractivity contribution is 0.194. The quantitative estimate of drug-likeness (QED) is 0.735. The van der Waals surface area contributed by atoms with Gasteiger partial charge in [-0.2, -0.15) is 0 Å². The fraction of sp³-hybridized carbons (Fsp3) is 0.368. The van der Waals surface area contributed by atoms with Gasteiger partial charge in [0.25, 0.3) is 5.56 Å². The molecule has 146 valence electrons. The van der Waals surface area contributed by atoms with Gasteiger partial charge in [0.15, 0.2) is 5.58 Å². The number of aromatic nitrogens is 3. The second-order valence-electron chi connectivity index (χ2n) is 6.95. The molecule has 3 heterocycles. The maximum absolute atomic E-state index is 13.3. The summed E-state index contributed by atoms with van der Waals surface area (Å²) in [6, 6.07) is 4.47. The number of carbonyl (C=O) groups is 1. The molecule has 0 bridgehead atoms. The summed E-state index contributed by atoms with van der Waals surface area (Å²) in [6.07, 6.45) is 3.30. The van der Waals surface area contributed by atoms with E-state index in [9.17, 15) is 14.0 Å². The molecular formula is C19H19FN4O4. The van der Waals surface area contributed by atoms with Crippen molar-refractivity contribution in [1.82, 2.24) is 19.6 Å². The van der Waals surface area contributed by atoms with Crippen LogP contribution in [0.4, 0.5) is 9.18 Å². The highest BCUT2D eigenvalue weighted by atomic mass is 19.1. The van der Waals surface area contributed by atoms with Gasteiger partial charge in [0.05, 0.1) is 5.69 Å². The SMILES string of the molecule is O=C(O)n1cncc(CCN2CCC(c3noc4cc(F)ccc34)CC2)c1=O. The van der Waals surface area contributed by atoms with Crippen LogP contribution in [0.25, 0.3) is 11.0 Å². The Labute approximate surface area is 159 Å². The molecule has 1 aliphatic rings. The van der Waals surface area contributed by atoms with Gasteiger partial charge in [0.2, 0.25) is 0 Å². The number of likely N-dealkylation sites (tertiary alicyclic amines) is 1. The third kappa shape index (κ3) is 3.53. The van der Waals surface area contributed by atoms with E-state index in [0.717, 1.165) is 43.3 Å². The lowest BCUT2D eigenvalue weighted by atomic mass is 9.91. The van der Waals surface area contributed by atoms with Crippen molar-refractivity contribution in [2.75, 3.05) is 19.6 Å². The first-order valence-electron chi connectivity index (χ1n) is 9.09. The molecule has 8 nitrogen and oxygen atoms in total. The lowest BCUT2D eigenvalue weighted by Gasteiger charge is -2.31. The minimum absolute atomic E-state index is 0.241. The number of benzene rings is 1. The van der Waals surface area contributed by atoms with E-state index in [4.69, 9.17) is 9.63 Å². The van der Waals surface area contributed by atoms with Crippen LogP contribution < -0.4 is 5.56 Å². The molecule has 0 atom stereocenters. The van der Waals surface area contributed by atoms with Gasteiger partial charge in [-0.25, -0.2) is 18.7 Å². The van der Waals surface area contributed by atoms with E-state index in [2.05, 4.69) is 15.0 Å². The van der Waals surface area contributed by atoms with Crippen LogP contribution in [0.5, 0.6) is 0 Å². The van der Waals surface area contributed by atoms with Gasteiger partial charge in [0.1, 0.15) is 12.1 Å². The fourth-order valence-corrected chi connectivity index (χ4v) is 3.69. The topological polar surface area (TPSA) is 101 Å². The van der Waals surface area contributed by atoms with Gasteiger partial charge < -0.3 is 14.5 Å². The zero-order valence-corrected chi connectivity index (χ0v) is 15.0. The largest absolute Gasteiger partial charge is 0.464 e. The third-order valence-corrected chi connectivity index (χ3v) is 5.25. The molecule has 1 saturated heterocycles. The second kappa shape index (κ2) is 7.51. The highest BCUT2D eigenvalue weighted by Crippen LogP contribution is 2.32. The minimum Gasteiger partial charge on any atom is -0.464 e. The highest BCUT2D eigenvalue weighted by Gasteiger charge is 2.25. The Morgan fingerprint density at radius 2 is 2.11 bits per heavy atom. The first kappa shape index (κ1) is 18.3. The van der Waals surface area contributed by atoms with Crippen molar-refractivity contribution in [2.24, 2.45) is 0 Å². The number of hydrogen-bond donors (Lipinski definition) is 1. The summed E-state index contributed by atoms with van der Waals surface area (Å²) in [5.41, 5.74) is 1.17. The number of rotatable bonds is 4. The van der Waals surface area contributed by atoms with E-state index in [-0.39, 0.29) is 11.7 Å².